The van der Waals surface area contributed by atoms with E-state index >= 15 is 0 Å². The van der Waals surface area contributed by atoms with Crippen LogP contribution in [0.2, 0.25) is 0 Å². The zero-order valence-electron chi connectivity index (χ0n) is 8.94. The van der Waals surface area contributed by atoms with E-state index in [0.717, 1.165) is 26.1 Å². The van der Waals surface area contributed by atoms with Gasteiger partial charge in [-0.3, -0.25) is 0 Å². The van der Waals surface area contributed by atoms with Crippen molar-refractivity contribution in [1.82, 2.24) is 5.32 Å². The van der Waals surface area contributed by atoms with Gasteiger partial charge in [0.15, 0.2) is 0 Å². The summed E-state index contributed by atoms with van der Waals surface area (Å²) in [6, 6.07) is 0.149. The highest BCUT2D eigenvalue weighted by atomic mass is 19.4. The third-order valence-electron chi connectivity index (χ3n) is 2.85. The number of hydrogen-bond acceptors (Lipinski definition) is 2. The third kappa shape index (κ3) is 5.37. The maximum Gasteiger partial charge on any atom is 0.390 e. The Labute approximate surface area is 88.2 Å². The molecule has 0 aliphatic carbocycles. The molecule has 0 bridgehead atoms. The van der Waals surface area contributed by atoms with E-state index in [9.17, 15) is 13.2 Å². The van der Waals surface area contributed by atoms with Crippen molar-refractivity contribution in [2.45, 2.75) is 38.4 Å². The van der Waals surface area contributed by atoms with Gasteiger partial charge in [-0.25, -0.2) is 0 Å². The Kier molecular flexibility index (Phi) is 4.86. The predicted molar refractivity (Wildman–Crippen MR) is 51.7 cm³/mol. The van der Waals surface area contributed by atoms with Crippen molar-refractivity contribution in [3.8, 4) is 0 Å². The molecule has 0 spiro atoms. The molecule has 1 heterocycles. The Hall–Kier alpha value is -0.290. The van der Waals surface area contributed by atoms with Gasteiger partial charge in [-0.15, -0.1) is 0 Å². The monoisotopic (exact) mass is 225 g/mol. The quantitative estimate of drug-likeness (QED) is 0.793. The molecular weight excluding hydrogens is 207 g/mol. The van der Waals surface area contributed by atoms with Gasteiger partial charge in [0.1, 0.15) is 0 Å². The van der Waals surface area contributed by atoms with Gasteiger partial charge >= 0.3 is 6.18 Å². The van der Waals surface area contributed by atoms with Gasteiger partial charge in [-0.05, 0) is 25.7 Å². The molecular formula is C10H18F3NO. The van der Waals surface area contributed by atoms with E-state index in [1.807, 2.05) is 6.92 Å². The molecule has 1 rings (SSSR count). The molecule has 1 fully saturated rings. The molecule has 0 aromatic carbocycles. The summed E-state index contributed by atoms with van der Waals surface area (Å²) in [5.74, 6) is 0.451. The zero-order valence-corrected chi connectivity index (χ0v) is 8.94. The maximum atomic E-state index is 11.9. The second kappa shape index (κ2) is 5.70. The second-order valence-electron chi connectivity index (χ2n) is 4.06. The zero-order chi connectivity index (χ0) is 11.3. The SMILES string of the molecule is CC(NCCC(F)(F)F)C1CCOCC1. The van der Waals surface area contributed by atoms with Crippen molar-refractivity contribution in [2.75, 3.05) is 19.8 Å². The first-order chi connectivity index (χ1) is 6.99. The van der Waals surface area contributed by atoms with E-state index in [1.165, 1.54) is 0 Å². The molecule has 1 aliphatic heterocycles. The standard InChI is InChI=1S/C10H18F3NO/c1-8(9-2-6-15-7-3-9)14-5-4-10(11,12)13/h8-9,14H,2-7H2,1H3. The number of alkyl halides is 3. The fourth-order valence-corrected chi connectivity index (χ4v) is 1.82. The van der Waals surface area contributed by atoms with Crippen molar-refractivity contribution in [1.29, 1.82) is 0 Å². The van der Waals surface area contributed by atoms with Crippen molar-refractivity contribution in [3.05, 3.63) is 0 Å². The molecule has 90 valence electrons. The van der Waals surface area contributed by atoms with Gasteiger partial charge in [0.2, 0.25) is 0 Å². The molecule has 0 amide bonds. The van der Waals surface area contributed by atoms with Crippen LogP contribution in [0.15, 0.2) is 0 Å². The highest BCUT2D eigenvalue weighted by Crippen LogP contribution is 2.20. The summed E-state index contributed by atoms with van der Waals surface area (Å²) in [5, 5.41) is 2.93. The lowest BCUT2D eigenvalue weighted by Gasteiger charge is -2.28. The number of hydrogen-bond donors (Lipinski definition) is 1. The van der Waals surface area contributed by atoms with Crippen LogP contribution in [0, 0.1) is 5.92 Å². The number of ether oxygens (including phenoxy) is 1. The van der Waals surface area contributed by atoms with Crippen molar-refractivity contribution in [3.63, 3.8) is 0 Å². The van der Waals surface area contributed by atoms with E-state index < -0.39 is 12.6 Å². The third-order valence-corrected chi connectivity index (χ3v) is 2.85. The lowest BCUT2D eigenvalue weighted by atomic mass is 9.93. The van der Waals surface area contributed by atoms with Gasteiger partial charge in [-0.2, -0.15) is 13.2 Å². The first kappa shape index (κ1) is 12.8. The highest BCUT2D eigenvalue weighted by molar-refractivity contribution is 4.75. The average molecular weight is 225 g/mol. The second-order valence-corrected chi connectivity index (χ2v) is 4.06. The van der Waals surface area contributed by atoms with Gasteiger partial charge in [0.25, 0.3) is 0 Å². The lowest BCUT2D eigenvalue weighted by Crippen LogP contribution is -2.38. The Balaban J connectivity index is 2.14. The molecule has 5 heteroatoms. The van der Waals surface area contributed by atoms with E-state index in [4.69, 9.17) is 4.74 Å². The Morgan fingerprint density at radius 1 is 1.33 bits per heavy atom. The minimum atomic E-state index is -4.05. The first-order valence-corrected chi connectivity index (χ1v) is 5.37. The summed E-state index contributed by atoms with van der Waals surface area (Å²) in [5.41, 5.74) is 0. The summed E-state index contributed by atoms with van der Waals surface area (Å²) in [6.07, 6.45) is -2.91. The fraction of sp³-hybridized carbons (Fsp3) is 1.00. The minimum absolute atomic E-state index is 0.0159. The number of nitrogens with one attached hydrogen (secondary N) is 1. The van der Waals surface area contributed by atoms with E-state index in [0.29, 0.717) is 5.92 Å². The highest BCUT2D eigenvalue weighted by Gasteiger charge is 2.27. The predicted octanol–water partition coefficient (Wildman–Crippen LogP) is 2.34. The van der Waals surface area contributed by atoms with Gasteiger partial charge < -0.3 is 10.1 Å². The van der Waals surface area contributed by atoms with E-state index in [2.05, 4.69) is 5.32 Å². The molecule has 0 saturated carbocycles. The van der Waals surface area contributed by atoms with Crippen LogP contribution >= 0.6 is 0 Å². The Morgan fingerprint density at radius 3 is 2.47 bits per heavy atom. The molecule has 15 heavy (non-hydrogen) atoms. The van der Waals surface area contributed by atoms with Gasteiger partial charge in [0.05, 0.1) is 6.42 Å². The summed E-state index contributed by atoms with van der Waals surface area (Å²) in [7, 11) is 0. The molecule has 1 unspecified atom stereocenters. The van der Waals surface area contributed by atoms with Crippen LogP contribution in [0.1, 0.15) is 26.2 Å². The molecule has 0 aromatic heterocycles. The van der Waals surface area contributed by atoms with Crippen LogP contribution in [0.5, 0.6) is 0 Å². The largest absolute Gasteiger partial charge is 0.390 e. The van der Waals surface area contributed by atoms with Crippen LogP contribution in [0.3, 0.4) is 0 Å². The van der Waals surface area contributed by atoms with Crippen LogP contribution in [-0.2, 0) is 4.74 Å². The summed E-state index contributed by atoms with van der Waals surface area (Å²) < 4.78 is 40.9. The topological polar surface area (TPSA) is 21.3 Å². The average Bonchev–Trinajstić information content (AvgIpc) is 2.17. The van der Waals surface area contributed by atoms with Crippen molar-refractivity contribution < 1.29 is 17.9 Å². The van der Waals surface area contributed by atoms with Crippen LogP contribution in [0.4, 0.5) is 13.2 Å². The number of halogens is 3. The van der Waals surface area contributed by atoms with Crippen molar-refractivity contribution >= 4 is 0 Å². The molecule has 0 aromatic rings. The normalized spacial score (nSPS) is 21.6. The van der Waals surface area contributed by atoms with Crippen LogP contribution in [-0.4, -0.2) is 32.0 Å². The van der Waals surface area contributed by atoms with Gasteiger partial charge in [-0.1, -0.05) is 0 Å². The summed E-state index contributed by atoms with van der Waals surface area (Å²) in [4.78, 5) is 0. The smallest absolute Gasteiger partial charge is 0.381 e. The molecule has 2 nitrogen and oxygen atoms in total. The van der Waals surface area contributed by atoms with E-state index in [1.54, 1.807) is 0 Å². The minimum Gasteiger partial charge on any atom is -0.381 e. The lowest BCUT2D eigenvalue weighted by molar-refractivity contribution is -0.133. The molecule has 1 saturated heterocycles. The Bertz CT molecular complexity index is 178. The molecule has 0 radical (unpaired) electrons. The Morgan fingerprint density at radius 2 is 1.93 bits per heavy atom. The van der Waals surface area contributed by atoms with Crippen LogP contribution in [0.25, 0.3) is 0 Å². The maximum absolute atomic E-state index is 11.9. The summed E-state index contributed by atoms with van der Waals surface area (Å²) in [6.45, 7) is 3.43. The molecule has 1 atom stereocenters. The molecule has 1 N–H and O–H groups in total. The van der Waals surface area contributed by atoms with E-state index in [-0.39, 0.29) is 12.6 Å². The summed E-state index contributed by atoms with van der Waals surface area (Å²) >= 11 is 0. The van der Waals surface area contributed by atoms with Gasteiger partial charge in [0, 0.05) is 25.8 Å². The number of rotatable bonds is 4. The fourth-order valence-electron chi connectivity index (χ4n) is 1.82. The first-order valence-electron chi connectivity index (χ1n) is 5.37. The van der Waals surface area contributed by atoms with Crippen LogP contribution < -0.4 is 5.32 Å². The van der Waals surface area contributed by atoms with Crippen molar-refractivity contribution in [2.24, 2.45) is 5.92 Å². The molecule has 1 aliphatic rings.